The molecule has 1 amide bonds. The molecule has 3 rings (SSSR count). The molecule has 2 atom stereocenters. The van der Waals surface area contributed by atoms with Crippen molar-refractivity contribution in [3.8, 4) is 0 Å². The maximum absolute atomic E-state index is 12.7. The minimum absolute atomic E-state index is 0.0411. The van der Waals surface area contributed by atoms with E-state index in [2.05, 4.69) is 5.32 Å². The first-order valence-electron chi connectivity index (χ1n) is 9.09. The zero-order valence-corrected chi connectivity index (χ0v) is 14.6. The van der Waals surface area contributed by atoms with Crippen molar-refractivity contribution in [3.05, 3.63) is 35.9 Å². The molecule has 1 aliphatic heterocycles. The van der Waals surface area contributed by atoms with Gasteiger partial charge in [0.15, 0.2) is 0 Å². The van der Waals surface area contributed by atoms with Crippen LogP contribution in [0.25, 0.3) is 0 Å². The summed E-state index contributed by atoms with van der Waals surface area (Å²) < 4.78 is 5.29. The largest absolute Gasteiger partial charge is 0.461 e. The third-order valence-electron chi connectivity index (χ3n) is 5.05. The number of ether oxygens (including phenoxy) is 1. The van der Waals surface area contributed by atoms with Crippen molar-refractivity contribution in [2.75, 3.05) is 6.54 Å². The van der Waals surface area contributed by atoms with Crippen molar-refractivity contribution in [2.45, 2.75) is 38.7 Å². The number of piperidine rings is 1. The van der Waals surface area contributed by atoms with Gasteiger partial charge in [-0.25, -0.2) is 0 Å². The summed E-state index contributed by atoms with van der Waals surface area (Å²) >= 11 is 0. The van der Waals surface area contributed by atoms with E-state index < -0.39 is 29.5 Å². The van der Waals surface area contributed by atoms with Gasteiger partial charge in [0, 0.05) is 24.8 Å². The van der Waals surface area contributed by atoms with Gasteiger partial charge in [-0.1, -0.05) is 30.3 Å². The molecule has 1 heterocycles. The first kappa shape index (κ1) is 18.3. The van der Waals surface area contributed by atoms with E-state index in [-0.39, 0.29) is 31.1 Å². The van der Waals surface area contributed by atoms with E-state index in [4.69, 9.17) is 4.74 Å². The molecule has 1 aliphatic carbocycles. The van der Waals surface area contributed by atoms with Gasteiger partial charge in [0.2, 0.25) is 5.78 Å². The van der Waals surface area contributed by atoms with Crippen LogP contribution in [0.4, 0.5) is 0 Å². The predicted molar refractivity (Wildman–Crippen MR) is 92.8 cm³/mol. The van der Waals surface area contributed by atoms with Crippen LogP contribution in [0, 0.1) is 17.8 Å². The van der Waals surface area contributed by atoms with Crippen molar-refractivity contribution >= 4 is 23.4 Å². The smallest absolute Gasteiger partial charge is 0.306 e. The summed E-state index contributed by atoms with van der Waals surface area (Å²) in [6, 6.07) is 9.38. The molecule has 0 spiro atoms. The predicted octanol–water partition coefficient (Wildman–Crippen LogP) is 1.81. The fraction of sp³-hybridized carbons (Fsp3) is 0.500. The molecule has 6 heteroatoms. The second-order valence-corrected chi connectivity index (χ2v) is 7.07. The van der Waals surface area contributed by atoms with Gasteiger partial charge in [0.1, 0.15) is 12.4 Å². The molecule has 2 aliphatic rings. The molecule has 1 saturated heterocycles. The summed E-state index contributed by atoms with van der Waals surface area (Å²) in [5, 5.41) is 2.49. The third kappa shape index (κ3) is 4.77. The number of nitrogens with one attached hydrogen (secondary N) is 1. The van der Waals surface area contributed by atoms with E-state index in [9.17, 15) is 19.2 Å². The molecule has 1 saturated carbocycles. The van der Waals surface area contributed by atoms with Crippen molar-refractivity contribution in [3.63, 3.8) is 0 Å². The summed E-state index contributed by atoms with van der Waals surface area (Å²) in [7, 11) is 0. The van der Waals surface area contributed by atoms with E-state index in [1.807, 2.05) is 30.3 Å². The van der Waals surface area contributed by atoms with Gasteiger partial charge in [-0.15, -0.1) is 0 Å². The Hall–Kier alpha value is -2.50. The fourth-order valence-corrected chi connectivity index (χ4v) is 3.37. The molecule has 6 nitrogen and oxygen atoms in total. The van der Waals surface area contributed by atoms with E-state index >= 15 is 0 Å². The molecule has 1 aromatic rings. The maximum Gasteiger partial charge on any atom is 0.306 e. The number of Topliss-reactive ketones (excluding diaryl/α,β-unsaturated/α-hetero) is 2. The summed E-state index contributed by atoms with van der Waals surface area (Å²) in [5.74, 6) is -2.40. The highest BCUT2D eigenvalue weighted by atomic mass is 16.5. The number of rotatable bonds is 8. The summed E-state index contributed by atoms with van der Waals surface area (Å²) in [6.07, 6.45) is 2.40. The van der Waals surface area contributed by atoms with E-state index in [1.165, 1.54) is 0 Å². The van der Waals surface area contributed by atoms with Crippen LogP contribution in [0.1, 0.15) is 37.7 Å². The SMILES string of the molecule is O=C(CC(C(=O)CC1CCNC(=O)C1=O)C1CC1)OCc1ccccc1. The first-order valence-corrected chi connectivity index (χ1v) is 9.09. The fourth-order valence-electron chi connectivity index (χ4n) is 3.37. The number of hydrogen-bond acceptors (Lipinski definition) is 5. The van der Waals surface area contributed by atoms with Crippen LogP contribution in [0.2, 0.25) is 0 Å². The molecular weight excluding hydrogens is 334 g/mol. The number of carbonyl (C=O) groups excluding carboxylic acids is 4. The molecule has 2 unspecified atom stereocenters. The Morgan fingerprint density at radius 1 is 1.12 bits per heavy atom. The Morgan fingerprint density at radius 3 is 2.54 bits per heavy atom. The van der Waals surface area contributed by atoms with Gasteiger partial charge >= 0.3 is 5.97 Å². The molecule has 138 valence electrons. The Labute approximate surface area is 152 Å². The molecule has 0 bridgehead atoms. The van der Waals surface area contributed by atoms with Crippen LogP contribution >= 0.6 is 0 Å². The van der Waals surface area contributed by atoms with Gasteiger partial charge in [-0.2, -0.15) is 0 Å². The van der Waals surface area contributed by atoms with E-state index in [0.717, 1.165) is 18.4 Å². The van der Waals surface area contributed by atoms with Crippen molar-refractivity contribution in [1.82, 2.24) is 5.32 Å². The summed E-state index contributed by atoms with van der Waals surface area (Å²) in [4.78, 5) is 48.2. The minimum Gasteiger partial charge on any atom is -0.461 e. The van der Waals surface area contributed by atoms with Crippen LogP contribution in [-0.4, -0.2) is 30.0 Å². The molecule has 2 fully saturated rings. The number of esters is 1. The lowest BCUT2D eigenvalue weighted by Gasteiger charge is -2.22. The summed E-state index contributed by atoms with van der Waals surface area (Å²) in [5.41, 5.74) is 0.897. The topological polar surface area (TPSA) is 89.5 Å². The highest BCUT2D eigenvalue weighted by molar-refractivity contribution is 6.37. The van der Waals surface area contributed by atoms with Crippen molar-refractivity contribution in [2.24, 2.45) is 17.8 Å². The average Bonchev–Trinajstić information content (AvgIpc) is 3.47. The molecule has 0 aromatic heterocycles. The minimum atomic E-state index is -0.612. The Bertz CT molecular complexity index is 695. The van der Waals surface area contributed by atoms with Gasteiger partial charge < -0.3 is 10.1 Å². The standard InChI is InChI=1S/C20H23NO5/c22-17(10-15-8-9-21-20(25)19(15)24)16(14-6-7-14)11-18(23)26-12-13-4-2-1-3-5-13/h1-5,14-16H,6-12H2,(H,21,25). The Balaban J connectivity index is 1.53. The van der Waals surface area contributed by atoms with Crippen LogP contribution in [0.5, 0.6) is 0 Å². The number of ketones is 2. The second kappa shape index (κ2) is 8.25. The zero-order valence-electron chi connectivity index (χ0n) is 14.6. The number of carbonyl (C=O) groups is 4. The normalized spacial score (nSPS) is 21.0. The average molecular weight is 357 g/mol. The van der Waals surface area contributed by atoms with Crippen molar-refractivity contribution in [1.29, 1.82) is 0 Å². The van der Waals surface area contributed by atoms with Crippen molar-refractivity contribution < 1.29 is 23.9 Å². The molecular formula is C20H23NO5. The lowest BCUT2D eigenvalue weighted by Crippen LogP contribution is -2.43. The highest BCUT2D eigenvalue weighted by Gasteiger charge is 2.40. The number of benzene rings is 1. The van der Waals surface area contributed by atoms with E-state index in [1.54, 1.807) is 0 Å². The van der Waals surface area contributed by atoms with Gasteiger partial charge in [-0.3, -0.25) is 19.2 Å². The Kier molecular flexibility index (Phi) is 5.81. The van der Waals surface area contributed by atoms with Crippen LogP contribution in [0.3, 0.4) is 0 Å². The molecule has 0 radical (unpaired) electrons. The molecule has 26 heavy (non-hydrogen) atoms. The highest BCUT2D eigenvalue weighted by Crippen LogP contribution is 2.40. The summed E-state index contributed by atoms with van der Waals surface area (Å²) in [6.45, 7) is 0.599. The lowest BCUT2D eigenvalue weighted by atomic mass is 9.84. The maximum atomic E-state index is 12.7. The number of hydrogen-bond donors (Lipinski definition) is 1. The number of amides is 1. The monoisotopic (exact) mass is 357 g/mol. The zero-order chi connectivity index (χ0) is 18.5. The third-order valence-corrected chi connectivity index (χ3v) is 5.05. The second-order valence-electron chi connectivity index (χ2n) is 7.07. The molecule has 1 N–H and O–H groups in total. The quantitative estimate of drug-likeness (QED) is 0.566. The van der Waals surface area contributed by atoms with E-state index in [0.29, 0.717) is 13.0 Å². The molecule has 1 aromatic carbocycles. The van der Waals surface area contributed by atoms with Gasteiger partial charge in [0.25, 0.3) is 5.91 Å². The lowest BCUT2D eigenvalue weighted by molar-refractivity contribution is -0.148. The first-order chi connectivity index (χ1) is 12.5. The van der Waals surface area contributed by atoms with Crippen LogP contribution in [0.15, 0.2) is 30.3 Å². The van der Waals surface area contributed by atoms with Gasteiger partial charge in [0.05, 0.1) is 6.42 Å². The van der Waals surface area contributed by atoms with Gasteiger partial charge in [-0.05, 0) is 30.7 Å². The van der Waals surface area contributed by atoms with Crippen LogP contribution in [-0.2, 0) is 30.5 Å². The Morgan fingerprint density at radius 2 is 1.85 bits per heavy atom. The van der Waals surface area contributed by atoms with Crippen LogP contribution < -0.4 is 5.32 Å².